The molecule has 0 spiro atoms. The monoisotopic (exact) mass is 212 g/mol. The Kier molecular flexibility index (Phi) is 2.30. The summed E-state index contributed by atoms with van der Waals surface area (Å²) in [6.45, 7) is 2.29. The second-order valence-electron chi connectivity index (χ2n) is 3.35. The van der Waals surface area contributed by atoms with Crippen LogP contribution in [0, 0.1) is 11.6 Å². The van der Waals surface area contributed by atoms with E-state index in [2.05, 4.69) is 5.32 Å². The Labute approximate surface area is 85.7 Å². The van der Waals surface area contributed by atoms with Crippen molar-refractivity contribution < 1.29 is 13.6 Å². The number of amides is 1. The Morgan fingerprint density at radius 2 is 2.20 bits per heavy atom. The third-order valence-corrected chi connectivity index (χ3v) is 2.38. The van der Waals surface area contributed by atoms with E-state index in [0.717, 1.165) is 6.07 Å². The fourth-order valence-corrected chi connectivity index (χ4v) is 1.67. The van der Waals surface area contributed by atoms with Gasteiger partial charge in [0.05, 0.1) is 11.4 Å². The van der Waals surface area contributed by atoms with E-state index >= 15 is 0 Å². The molecule has 0 atom stereocenters. The molecule has 0 bridgehead atoms. The highest BCUT2D eigenvalue weighted by Gasteiger charge is 2.23. The molecule has 0 saturated heterocycles. The number of halogens is 2. The third-order valence-electron chi connectivity index (χ3n) is 2.38. The molecule has 80 valence electrons. The van der Waals surface area contributed by atoms with Crippen molar-refractivity contribution in [2.24, 2.45) is 0 Å². The molecule has 0 aliphatic carbocycles. The Hall–Kier alpha value is -1.65. The third kappa shape index (κ3) is 1.54. The first-order valence-electron chi connectivity index (χ1n) is 4.61. The fraction of sp³-hybridized carbons (Fsp3) is 0.300. The van der Waals surface area contributed by atoms with Gasteiger partial charge in [-0.2, -0.15) is 0 Å². The van der Waals surface area contributed by atoms with Crippen LogP contribution in [0.5, 0.6) is 0 Å². The molecule has 5 heteroatoms. The average molecular weight is 212 g/mol. The van der Waals surface area contributed by atoms with Crippen molar-refractivity contribution in [3.8, 4) is 0 Å². The molecule has 0 fully saturated rings. The minimum absolute atomic E-state index is 0.0662. The van der Waals surface area contributed by atoms with Gasteiger partial charge in [-0.25, -0.2) is 8.78 Å². The molecule has 1 aromatic carbocycles. The maximum absolute atomic E-state index is 13.3. The van der Waals surface area contributed by atoms with Crippen molar-refractivity contribution in [3.05, 3.63) is 23.8 Å². The van der Waals surface area contributed by atoms with Crippen molar-refractivity contribution in [2.75, 3.05) is 23.3 Å². The van der Waals surface area contributed by atoms with Crippen LogP contribution in [-0.4, -0.2) is 19.0 Å². The molecule has 2 rings (SSSR count). The number of rotatable bonds is 0. The van der Waals surface area contributed by atoms with Gasteiger partial charge in [0.15, 0.2) is 11.6 Å². The van der Waals surface area contributed by atoms with E-state index < -0.39 is 11.6 Å². The van der Waals surface area contributed by atoms with Gasteiger partial charge in [-0.1, -0.05) is 0 Å². The van der Waals surface area contributed by atoms with Gasteiger partial charge in [0, 0.05) is 20.0 Å². The van der Waals surface area contributed by atoms with Crippen molar-refractivity contribution in [1.29, 1.82) is 0 Å². The van der Waals surface area contributed by atoms with E-state index in [1.54, 1.807) is 0 Å². The van der Waals surface area contributed by atoms with Crippen LogP contribution in [-0.2, 0) is 4.79 Å². The second kappa shape index (κ2) is 3.49. The van der Waals surface area contributed by atoms with Crippen LogP contribution in [0.15, 0.2) is 12.1 Å². The number of fused-ring (bicyclic) bond motifs is 1. The van der Waals surface area contributed by atoms with Crippen LogP contribution in [0.4, 0.5) is 20.2 Å². The largest absolute Gasteiger partial charge is 0.379 e. The summed E-state index contributed by atoms with van der Waals surface area (Å²) in [5, 5.41) is 2.75. The molecule has 0 unspecified atom stereocenters. The number of hydrogen-bond acceptors (Lipinski definition) is 2. The van der Waals surface area contributed by atoms with Gasteiger partial charge in [0.25, 0.3) is 0 Å². The summed E-state index contributed by atoms with van der Waals surface area (Å²) in [7, 11) is 0. The summed E-state index contributed by atoms with van der Waals surface area (Å²) >= 11 is 0. The van der Waals surface area contributed by atoms with E-state index in [1.165, 1.54) is 17.9 Å². The minimum atomic E-state index is -0.932. The zero-order valence-corrected chi connectivity index (χ0v) is 8.18. The van der Waals surface area contributed by atoms with E-state index in [9.17, 15) is 13.6 Å². The van der Waals surface area contributed by atoms with Crippen LogP contribution < -0.4 is 10.2 Å². The van der Waals surface area contributed by atoms with Gasteiger partial charge in [-0.15, -0.1) is 0 Å². The molecule has 1 aliphatic rings. The molecule has 1 aliphatic heterocycles. The fourth-order valence-electron chi connectivity index (χ4n) is 1.67. The minimum Gasteiger partial charge on any atom is -0.379 e. The summed E-state index contributed by atoms with van der Waals surface area (Å²) in [4.78, 5) is 12.7. The number of carbonyl (C=O) groups is 1. The maximum Gasteiger partial charge on any atom is 0.223 e. The standard InChI is InChI=1S/C10H10F2N2O/c1-6(15)14-5-4-13-10-8(14)3-2-7(11)9(10)12/h2-3,13H,4-5H2,1H3. The first-order chi connectivity index (χ1) is 7.11. The molecule has 1 amide bonds. The summed E-state index contributed by atoms with van der Waals surface area (Å²) in [6, 6.07) is 2.43. The van der Waals surface area contributed by atoms with Gasteiger partial charge >= 0.3 is 0 Å². The van der Waals surface area contributed by atoms with Crippen LogP contribution in [0.3, 0.4) is 0 Å². The lowest BCUT2D eigenvalue weighted by Crippen LogP contribution is -2.37. The first-order valence-corrected chi connectivity index (χ1v) is 4.61. The van der Waals surface area contributed by atoms with E-state index in [4.69, 9.17) is 0 Å². The van der Waals surface area contributed by atoms with Gasteiger partial charge in [0.2, 0.25) is 5.91 Å². The van der Waals surface area contributed by atoms with Gasteiger partial charge in [0.1, 0.15) is 0 Å². The van der Waals surface area contributed by atoms with Crippen molar-refractivity contribution in [2.45, 2.75) is 6.92 Å². The Morgan fingerprint density at radius 1 is 1.47 bits per heavy atom. The molecule has 0 radical (unpaired) electrons. The van der Waals surface area contributed by atoms with Crippen LogP contribution in [0.2, 0.25) is 0 Å². The topological polar surface area (TPSA) is 32.3 Å². The molecule has 0 saturated carbocycles. The summed E-state index contributed by atoms with van der Waals surface area (Å²) < 4.78 is 26.3. The summed E-state index contributed by atoms with van der Waals surface area (Å²) in [5.74, 6) is -2.02. The van der Waals surface area contributed by atoms with E-state index in [0.29, 0.717) is 18.8 Å². The zero-order chi connectivity index (χ0) is 11.0. The molecular formula is C10H10F2N2O. The van der Waals surface area contributed by atoms with Crippen LogP contribution in [0.25, 0.3) is 0 Å². The second-order valence-corrected chi connectivity index (χ2v) is 3.35. The molecular weight excluding hydrogens is 202 g/mol. The van der Waals surface area contributed by atoms with Gasteiger partial charge in [-0.3, -0.25) is 4.79 Å². The highest BCUT2D eigenvalue weighted by molar-refractivity contribution is 5.96. The SMILES string of the molecule is CC(=O)N1CCNc2c1ccc(F)c2F. The van der Waals surface area contributed by atoms with Crippen molar-refractivity contribution >= 4 is 17.3 Å². The number of nitrogens with one attached hydrogen (secondary N) is 1. The van der Waals surface area contributed by atoms with Crippen molar-refractivity contribution in [1.82, 2.24) is 0 Å². The van der Waals surface area contributed by atoms with Crippen molar-refractivity contribution in [3.63, 3.8) is 0 Å². The maximum atomic E-state index is 13.3. The molecule has 1 aromatic rings. The molecule has 1 N–H and O–H groups in total. The lowest BCUT2D eigenvalue weighted by atomic mass is 10.2. The molecule has 1 heterocycles. The molecule has 0 aromatic heterocycles. The number of nitrogens with zero attached hydrogens (tertiary/aromatic N) is 1. The van der Waals surface area contributed by atoms with Crippen LogP contribution in [0.1, 0.15) is 6.92 Å². The Morgan fingerprint density at radius 3 is 2.87 bits per heavy atom. The number of carbonyl (C=O) groups excluding carboxylic acids is 1. The van der Waals surface area contributed by atoms with Crippen LogP contribution >= 0.6 is 0 Å². The lowest BCUT2D eigenvalue weighted by molar-refractivity contribution is -0.116. The van der Waals surface area contributed by atoms with Gasteiger partial charge < -0.3 is 10.2 Å². The molecule has 15 heavy (non-hydrogen) atoms. The van der Waals surface area contributed by atoms with E-state index in [1.807, 2.05) is 0 Å². The summed E-state index contributed by atoms with van der Waals surface area (Å²) in [5.41, 5.74) is 0.462. The highest BCUT2D eigenvalue weighted by Crippen LogP contribution is 2.32. The van der Waals surface area contributed by atoms with Gasteiger partial charge in [-0.05, 0) is 12.1 Å². The smallest absolute Gasteiger partial charge is 0.223 e. The number of benzene rings is 1. The first kappa shape index (κ1) is 9.89. The number of anilines is 2. The van der Waals surface area contributed by atoms with E-state index in [-0.39, 0.29) is 11.6 Å². The summed E-state index contributed by atoms with van der Waals surface area (Å²) in [6.07, 6.45) is 0. The Balaban J connectivity index is 2.54. The average Bonchev–Trinajstić information content (AvgIpc) is 2.23. The lowest BCUT2D eigenvalue weighted by Gasteiger charge is -2.29. The normalized spacial score (nSPS) is 14.5. The Bertz CT molecular complexity index is 420. The zero-order valence-electron chi connectivity index (χ0n) is 8.18. The number of hydrogen-bond donors (Lipinski definition) is 1. The highest BCUT2D eigenvalue weighted by atomic mass is 19.2. The predicted octanol–water partition coefficient (Wildman–Crippen LogP) is 1.74. The molecule has 3 nitrogen and oxygen atoms in total. The predicted molar refractivity (Wildman–Crippen MR) is 52.9 cm³/mol. The quantitative estimate of drug-likeness (QED) is 0.710.